The van der Waals surface area contributed by atoms with Crippen molar-refractivity contribution in [2.75, 3.05) is 20.0 Å². The predicted molar refractivity (Wildman–Crippen MR) is 60.5 cm³/mol. The average molecular weight is 212 g/mol. The zero-order valence-corrected chi connectivity index (χ0v) is 10.5. The third-order valence-electron chi connectivity index (χ3n) is 4.69. The Hall–Kier alpha value is -0.0800. The van der Waals surface area contributed by atoms with Crippen LogP contribution in [-0.4, -0.2) is 20.0 Å². The SMILES string of the molecule is CC(C)C1(C(C)C)CC2(COCOC2)C1. The standard InChI is InChI=1S/C13H24O2/c1-10(2)13(11(3)4)5-12(6-13)7-14-9-15-8-12/h10-11H,5-9H2,1-4H3. The minimum atomic E-state index is 0.354. The second-order valence-electron chi connectivity index (χ2n) is 6.21. The van der Waals surface area contributed by atoms with Crippen molar-refractivity contribution in [1.82, 2.24) is 0 Å². The van der Waals surface area contributed by atoms with Crippen LogP contribution in [0.25, 0.3) is 0 Å². The first-order valence-corrected chi connectivity index (χ1v) is 6.16. The van der Waals surface area contributed by atoms with Crippen LogP contribution in [0.5, 0.6) is 0 Å². The second kappa shape index (κ2) is 3.74. The first-order chi connectivity index (χ1) is 7.01. The van der Waals surface area contributed by atoms with E-state index in [1.807, 2.05) is 0 Å². The van der Waals surface area contributed by atoms with E-state index in [4.69, 9.17) is 9.47 Å². The van der Waals surface area contributed by atoms with Gasteiger partial charge in [0.05, 0.1) is 13.2 Å². The maximum Gasteiger partial charge on any atom is 0.146 e. The van der Waals surface area contributed by atoms with Crippen LogP contribution in [0.3, 0.4) is 0 Å². The first-order valence-electron chi connectivity index (χ1n) is 6.16. The van der Waals surface area contributed by atoms with Gasteiger partial charge >= 0.3 is 0 Å². The van der Waals surface area contributed by atoms with Gasteiger partial charge in [-0.25, -0.2) is 0 Å². The molecule has 2 nitrogen and oxygen atoms in total. The Morgan fingerprint density at radius 1 is 0.867 bits per heavy atom. The highest BCUT2D eigenvalue weighted by atomic mass is 16.7. The summed E-state index contributed by atoms with van der Waals surface area (Å²) >= 11 is 0. The van der Waals surface area contributed by atoms with Gasteiger partial charge in [0, 0.05) is 5.41 Å². The molecule has 0 N–H and O–H groups in total. The van der Waals surface area contributed by atoms with Crippen molar-refractivity contribution in [3.05, 3.63) is 0 Å². The molecule has 0 amide bonds. The Bertz CT molecular complexity index is 209. The summed E-state index contributed by atoms with van der Waals surface area (Å²) in [5.41, 5.74) is 0.886. The Balaban J connectivity index is 2.04. The molecule has 0 radical (unpaired) electrons. The molecule has 2 heteroatoms. The monoisotopic (exact) mass is 212 g/mol. The molecular weight excluding hydrogens is 188 g/mol. The zero-order valence-electron chi connectivity index (χ0n) is 10.5. The molecule has 1 aliphatic heterocycles. The summed E-state index contributed by atoms with van der Waals surface area (Å²) in [6.07, 6.45) is 2.57. The molecule has 1 spiro atoms. The highest BCUT2D eigenvalue weighted by Gasteiger charge is 2.57. The van der Waals surface area contributed by atoms with Crippen molar-refractivity contribution in [2.24, 2.45) is 22.7 Å². The largest absolute Gasteiger partial charge is 0.355 e. The van der Waals surface area contributed by atoms with E-state index in [1.54, 1.807) is 0 Å². The highest BCUT2D eigenvalue weighted by Crippen LogP contribution is 2.62. The van der Waals surface area contributed by atoms with Crippen LogP contribution in [0.4, 0.5) is 0 Å². The third kappa shape index (κ3) is 1.72. The quantitative estimate of drug-likeness (QED) is 0.700. The number of hydrogen-bond acceptors (Lipinski definition) is 2. The van der Waals surface area contributed by atoms with Crippen molar-refractivity contribution < 1.29 is 9.47 Å². The summed E-state index contributed by atoms with van der Waals surface area (Å²) in [7, 11) is 0. The molecule has 2 fully saturated rings. The maximum atomic E-state index is 5.46. The molecule has 15 heavy (non-hydrogen) atoms. The van der Waals surface area contributed by atoms with E-state index in [1.165, 1.54) is 12.8 Å². The lowest BCUT2D eigenvalue weighted by Crippen LogP contribution is -2.58. The fraction of sp³-hybridized carbons (Fsp3) is 1.00. The summed E-state index contributed by atoms with van der Waals surface area (Å²) < 4.78 is 10.9. The van der Waals surface area contributed by atoms with Crippen LogP contribution in [0, 0.1) is 22.7 Å². The molecule has 1 saturated heterocycles. The van der Waals surface area contributed by atoms with Gasteiger partial charge in [-0.15, -0.1) is 0 Å². The van der Waals surface area contributed by atoms with Crippen LogP contribution >= 0.6 is 0 Å². The van der Waals surface area contributed by atoms with Crippen LogP contribution < -0.4 is 0 Å². The Morgan fingerprint density at radius 3 is 1.73 bits per heavy atom. The molecule has 2 aliphatic rings. The van der Waals surface area contributed by atoms with Crippen LogP contribution in [0.2, 0.25) is 0 Å². The molecule has 1 heterocycles. The maximum absolute atomic E-state index is 5.46. The molecule has 1 saturated carbocycles. The van der Waals surface area contributed by atoms with E-state index in [2.05, 4.69) is 27.7 Å². The van der Waals surface area contributed by atoms with Gasteiger partial charge in [0.15, 0.2) is 0 Å². The van der Waals surface area contributed by atoms with Gasteiger partial charge in [-0.05, 0) is 30.1 Å². The minimum absolute atomic E-state index is 0.354. The highest BCUT2D eigenvalue weighted by molar-refractivity contribution is 5.06. The normalized spacial score (nSPS) is 28.4. The van der Waals surface area contributed by atoms with E-state index in [0.29, 0.717) is 17.6 Å². The molecule has 2 rings (SSSR count). The number of hydrogen-bond donors (Lipinski definition) is 0. The van der Waals surface area contributed by atoms with Gasteiger partial charge in [-0.3, -0.25) is 0 Å². The Labute approximate surface area is 93.3 Å². The molecule has 0 aromatic heterocycles. The molecular formula is C13H24O2. The van der Waals surface area contributed by atoms with Crippen molar-refractivity contribution in [3.63, 3.8) is 0 Å². The first kappa shape index (κ1) is 11.4. The minimum Gasteiger partial charge on any atom is -0.355 e. The Kier molecular flexibility index (Phi) is 2.85. The lowest BCUT2D eigenvalue weighted by Gasteiger charge is -2.61. The van der Waals surface area contributed by atoms with Gasteiger partial charge in [-0.1, -0.05) is 27.7 Å². The van der Waals surface area contributed by atoms with Crippen molar-refractivity contribution in [2.45, 2.75) is 40.5 Å². The van der Waals surface area contributed by atoms with Gasteiger partial charge in [0.1, 0.15) is 6.79 Å². The smallest absolute Gasteiger partial charge is 0.146 e. The molecule has 0 unspecified atom stereocenters. The Morgan fingerprint density at radius 2 is 1.33 bits per heavy atom. The van der Waals surface area contributed by atoms with Gasteiger partial charge in [-0.2, -0.15) is 0 Å². The molecule has 0 aromatic rings. The van der Waals surface area contributed by atoms with Crippen LogP contribution in [0.15, 0.2) is 0 Å². The summed E-state index contributed by atoms with van der Waals surface area (Å²) in [6.45, 7) is 11.8. The van der Waals surface area contributed by atoms with Crippen molar-refractivity contribution >= 4 is 0 Å². The molecule has 1 aliphatic carbocycles. The van der Waals surface area contributed by atoms with Crippen LogP contribution in [0.1, 0.15) is 40.5 Å². The van der Waals surface area contributed by atoms with E-state index < -0.39 is 0 Å². The summed E-state index contributed by atoms with van der Waals surface area (Å²) in [5.74, 6) is 1.54. The van der Waals surface area contributed by atoms with E-state index >= 15 is 0 Å². The van der Waals surface area contributed by atoms with E-state index in [-0.39, 0.29) is 0 Å². The summed E-state index contributed by atoms with van der Waals surface area (Å²) in [4.78, 5) is 0. The fourth-order valence-corrected chi connectivity index (χ4v) is 3.65. The molecule has 0 atom stereocenters. The molecule has 88 valence electrons. The van der Waals surface area contributed by atoms with Gasteiger partial charge < -0.3 is 9.47 Å². The zero-order chi connectivity index (χ0) is 11.1. The number of ether oxygens (including phenoxy) is 2. The van der Waals surface area contributed by atoms with Crippen molar-refractivity contribution in [3.8, 4) is 0 Å². The van der Waals surface area contributed by atoms with Crippen LogP contribution in [-0.2, 0) is 9.47 Å². The van der Waals surface area contributed by atoms with Crippen molar-refractivity contribution in [1.29, 1.82) is 0 Å². The van der Waals surface area contributed by atoms with E-state index in [9.17, 15) is 0 Å². The second-order valence-corrected chi connectivity index (χ2v) is 6.21. The summed E-state index contributed by atoms with van der Waals surface area (Å²) in [5, 5.41) is 0. The topological polar surface area (TPSA) is 18.5 Å². The van der Waals surface area contributed by atoms with Gasteiger partial charge in [0.25, 0.3) is 0 Å². The lowest BCUT2D eigenvalue weighted by molar-refractivity contribution is -0.238. The third-order valence-corrected chi connectivity index (χ3v) is 4.69. The van der Waals surface area contributed by atoms with Gasteiger partial charge in [0.2, 0.25) is 0 Å². The molecule has 0 bridgehead atoms. The molecule has 0 aromatic carbocycles. The lowest BCUT2D eigenvalue weighted by atomic mass is 9.45. The average Bonchev–Trinajstić information content (AvgIpc) is 2.14. The number of rotatable bonds is 2. The fourth-order valence-electron chi connectivity index (χ4n) is 3.65. The predicted octanol–water partition coefficient (Wildman–Crippen LogP) is 3.07. The van der Waals surface area contributed by atoms with E-state index in [0.717, 1.165) is 25.0 Å². The summed E-state index contributed by atoms with van der Waals surface area (Å²) in [6, 6.07) is 0.